The molecule has 2 aromatic carbocycles. The van der Waals surface area contributed by atoms with Crippen LogP contribution in [0.4, 0.5) is 11.4 Å². The van der Waals surface area contributed by atoms with Crippen LogP contribution in [-0.2, 0) is 14.9 Å². The van der Waals surface area contributed by atoms with Gasteiger partial charge in [0.05, 0.1) is 16.3 Å². The molecular weight excluding hydrogens is 396 g/mol. The third-order valence-electron chi connectivity index (χ3n) is 3.69. The molecule has 0 fully saturated rings. The Balaban J connectivity index is 1.84. The number of anilines is 1. The second kappa shape index (κ2) is 7.06. The van der Waals surface area contributed by atoms with Gasteiger partial charge in [0.1, 0.15) is 11.4 Å². The first-order valence-corrected chi connectivity index (χ1v) is 9.34. The minimum absolute atomic E-state index is 0.110. The van der Waals surface area contributed by atoms with Gasteiger partial charge in [0.15, 0.2) is 6.04 Å². The van der Waals surface area contributed by atoms with E-state index >= 15 is 0 Å². The number of phenols is 1. The van der Waals surface area contributed by atoms with Crippen molar-refractivity contribution < 1.29 is 22.9 Å². The average Bonchev–Trinajstić information content (AvgIpc) is 2.89. The van der Waals surface area contributed by atoms with Crippen LogP contribution in [0.1, 0.15) is 6.92 Å². The van der Waals surface area contributed by atoms with Gasteiger partial charge in [-0.15, -0.1) is 0 Å². The zero-order chi connectivity index (χ0) is 19.8. The van der Waals surface area contributed by atoms with Gasteiger partial charge in [0.2, 0.25) is 0 Å². The molecule has 0 aromatic heterocycles. The lowest BCUT2D eigenvalue weighted by molar-refractivity contribution is -0.117. The van der Waals surface area contributed by atoms with Crippen molar-refractivity contribution in [2.24, 2.45) is 15.3 Å². The molecular formula is C16H13ClN4O5S. The van der Waals surface area contributed by atoms with E-state index < -0.39 is 22.1 Å². The summed E-state index contributed by atoms with van der Waals surface area (Å²) in [6, 6.07) is 8.23. The maximum atomic E-state index is 12.6. The monoisotopic (exact) mass is 408 g/mol. The van der Waals surface area contributed by atoms with Gasteiger partial charge in [0.25, 0.3) is 16.0 Å². The highest BCUT2D eigenvalue weighted by molar-refractivity contribution is 7.85. The van der Waals surface area contributed by atoms with E-state index in [1.54, 1.807) is 6.92 Å². The van der Waals surface area contributed by atoms with Crippen molar-refractivity contribution in [1.82, 2.24) is 0 Å². The van der Waals surface area contributed by atoms with Crippen molar-refractivity contribution in [3.63, 3.8) is 0 Å². The Kier molecular flexibility index (Phi) is 4.96. The Labute approximate surface area is 159 Å². The second-order valence-electron chi connectivity index (χ2n) is 5.61. The molecule has 0 bridgehead atoms. The summed E-state index contributed by atoms with van der Waals surface area (Å²) in [5.74, 6) is -0.641. The molecule has 1 heterocycles. The molecule has 0 radical (unpaired) electrons. The Bertz CT molecular complexity index is 1070. The summed E-state index contributed by atoms with van der Waals surface area (Å²) < 4.78 is 31.2. The summed E-state index contributed by atoms with van der Waals surface area (Å²) in [7, 11) is -4.33. The number of aromatic hydroxyl groups is 1. The molecule has 2 aromatic rings. The van der Waals surface area contributed by atoms with E-state index in [0.29, 0.717) is 16.4 Å². The van der Waals surface area contributed by atoms with Crippen LogP contribution in [0.2, 0.25) is 5.02 Å². The molecule has 1 aliphatic rings. The number of nitrogens with zero attached hydrogens (tertiary/aromatic N) is 4. The van der Waals surface area contributed by atoms with Gasteiger partial charge in [-0.25, -0.2) is 0 Å². The van der Waals surface area contributed by atoms with Crippen molar-refractivity contribution in [1.29, 1.82) is 0 Å². The van der Waals surface area contributed by atoms with E-state index in [1.165, 1.54) is 30.3 Å². The zero-order valence-electron chi connectivity index (χ0n) is 13.8. The van der Waals surface area contributed by atoms with Crippen molar-refractivity contribution in [2.75, 3.05) is 5.01 Å². The quantitative estimate of drug-likeness (QED) is 0.592. The minimum Gasteiger partial charge on any atom is -0.506 e. The van der Waals surface area contributed by atoms with Crippen molar-refractivity contribution in [2.45, 2.75) is 17.9 Å². The van der Waals surface area contributed by atoms with E-state index in [0.717, 1.165) is 17.1 Å². The number of hydrogen-bond donors (Lipinski definition) is 2. The number of rotatable bonds is 4. The lowest BCUT2D eigenvalue weighted by atomic mass is 10.2. The Morgan fingerprint density at radius 2 is 1.85 bits per heavy atom. The first kappa shape index (κ1) is 19.0. The summed E-state index contributed by atoms with van der Waals surface area (Å²) in [4.78, 5) is 12.3. The van der Waals surface area contributed by atoms with Crippen LogP contribution >= 0.6 is 11.6 Å². The fourth-order valence-corrected chi connectivity index (χ4v) is 2.98. The van der Waals surface area contributed by atoms with E-state index in [-0.39, 0.29) is 16.3 Å². The third kappa shape index (κ3) is 3.97. The fraction of sp³-hybridized carbons (Fsp3) is 0.125. The zero-order valence-corrected chi connectivity index (χ0v) is 15.4. The van der Waals surface area contributed by atoms with E-state index in [2.05, 4.69) is 15.3 Å². The van der Waals surface area contributed by atoms with Crippen LogP contribution in [0.15, 0.2) is 62.7 Å². The molecule has 1 unspecified atom stereocenters. The molecule has 0 spiro atoms. The molecule has 0 saturated carbocycles. The first-order valence-electron chi connectivity index (χ1n) is 7.53. The first-order chi connectivity index (χ1) is 12.7. The third-order valence-corrected chi connectivity index (χ3v) is 4.80. The molecule has 2 N–H and O–H groups in total. The molecule has 1 aliphatic heterocycles. The Morgan fingerprint density at radius 1 is 1.19 bits per heavy atom. The van der Waals surface area contributed by atoms with E-state index in [9.17, 15) is 18.3 Å². The summed E-state index contributed by atoms with van der Waals surface area (Å²) >= 11 is 5.85. The summed E-state index contributed by atoms with van der Waals surface area (Å²) in [5, 5.41) is 23.1. The maximum absolute atomic E-state index is 12.6. The van der Waals surface area contributed by atoms with Crippen LogP contribution in [0.3, 0.4) is 0 Å². The SMILES string of the molecule is CC1=NN(c2ccc(S(=O)(=O)O)cc2)C(=O)C1N=Nc1cc(Cl)ccc1O. The smallest absolute Gasteiger partial charge is 0.294 e. The molecule has 27 heavy (non-hydrogen) atoms. The lowest BCUT2D eigenvalue weighted by Gasteiger charge is -2.12. The predicted molar refractivity (Wildman–Crippen MR) is 98.3 cm³/mol. The lowest BCUT2D eigenvalue weighted by Crippen LogP contribution is -2.29. The molecule has 1 atom stereocenters. The summed E-state index contributed by atoms with van der Waals surface area (Å²) in [5.41, 5.74) is 0.776. The number of amides is 1. The van der Waals surface area contributed by atoms with Crippen LogP contribution < -0.4 is 5.01 Å². The number of halogens is 1. The summed E-state index contributed by atoms with van der Waals surface area (Å²) in [6.45, 7) is 1.59. The number of carbonyl (C=O) groups excluding carboxylic acids is 1. The van der Waals surface area contributed by atoms with Crippen molar-refractivity contribution in [3.05, 3.63) is 47.5 Å². The Morgan fingerprint density at radius 3 is 2.48 bits per heavy atom. The minimum atomic E-state index is -4.33. The highest BCUT2D eigenvalue weighted by Crippen LogP contribution is 2.31. The summed E-state index contributed by atoms with van der Waals surface area (Å²) in [6.07, 6.45) is 0. The van der Waals surface area contributed by atoms with Gasteiger partial charge < -0.3 is 5.11 Å². The topological polar surface area (TPSA) is 132 Å². The molecule has 0 aliphatic carbocycles. The van der Waals surface area contributed by atoms with Crippen molar-refractivity contribution >= 4 is 44.7 Å². The largest absolute Gasteiger partial charge is 0.506 e. The van der Waals surface area contributed by atoms with Gasteiger partial charge >= 0.3 is 0 Å². The van der Waals surface area contributed by atoms with Gasteiger partial charge in [0, 0.05) is 5.02 Å². The number of carbonyl (C=O) groups is 1. The molecule has 11 heteroatoms. The standard InChI is InChI=1S/C16H13ClN4O5S/c1-9-15(19-18-13-8-10(17)2-7-14(13)22)16(23)21(20-9)11-3-5-12(6-4-11)27(24,25)26/h2-8,15,22H,1H3,(H,24,25,26). The number of hydrogen-bond acceptors (Lipinski definition) is 7. The normalized spacial score (nSPS) is 17.6. The molecule has 3 rings (SSSR count). The Hall–Kier alpha value is -2.82. The number of phenolic OH excluding ortho intramolecular Hbond substituents is 1. The van der Waals surface area contributed by atoms with Gasteiger partial charge in [-0.1, -0.05) is 11.6 Å². The molecule has 9 nitrogen and oxygen atoms in total. The highest BCUT2D eigenvalue weighted by atomic mass is 35.5. The van der Waals surface area contributed by atoms with Crippen LogP contribution in [-0.4, -0.2) is 35.7 Å². The van der Waals surface area contributed by atoms with Crippen molar-refractivity contribution in [3.8, 4) is 5.75 Å². The highest BCUT2D eigenvalue weighted by Gasteiger charge is 2.34. The van der Waals surface area contributed by atoms with Gasteiger partial charge in [-0.2, -0.15) is 28.8 Å². The average molecular weight is 409 g/mol. The van der Waals surface area contributed by atoms with Gasteiger partial charge in [-0.3, -0.25) is 9.35 Å². The molecule has 0 saturated heterocycles. The second-order valence-corrected chi connectivity index (χ2v) is 7.47. The predicted octanol–water partition coefficient (Wildman–Crippen LogP) is 3.17. The molecule has 1 amide bonds. The number of hydrazone groups is 1. The van der Waals surface area contributed by atoms with E-state index in [4.69, 9.17) is 16.2 Å². The van der Waals surface area contributed by atoms with Crippen LogP contribution in [0, 0.1) is 0 Å². The fourth-order valence-electron chi connectivity index (χ4n) is 2.33. The van der Waals surface area contributed by atoms with Crippen LogP contribution in [0.5, 0.6) is 5.75 Å². The van der Waals surface area contributed by atoms with E-state index in [1.807, 2.05) is 0 Å². The number of azo groups is 1. The van der Waals surface area contributed by atoms with Gasteiger partial charge in [-0.05, 0) is 49.4 Å². The number of benzene rings is 2. The van der Waals surface area contributed by atoms with Crippen LogP contribution in [0.25, 0.3) is 0 Å². The maximum Gasteiger partial charge on any atom is 0.294 e. The molecule has 140 valence electrons.